The topological polar surface area (TPSA) is 76.5 Å². The summed E-state index contributed by atoms with van der Waals surface area (Å²) >= 11 is 0. The molecule has 3 rings (SSSR count). The lowest BCUT2D eigenvalue weighted by Gasteiger charge is -2.16. The van der Waals surface area contributed by atoms with Crippen molar-refractivity contribution in [2.24, 2.45) is 0 Å². The van der Waals surface area contributed by atoms with E-state index in [-0.39, 0.29) is 11.5 Å². The number of unbranched alkanes of at least 4 members (excludes halogenated alkanes) is 1. The summed E-state index contributed by atoms with van der Waals surface area (Å²) < 4.78 is 29.5. The van der Waals surface area contributed by atoms with Crippen molar-refractivity contribution >= 4 is 9.84 Å². The van der Waals surface area contributed by atoms with E-state index < -0.39 is 9.84 Å². The second kappa shape index (κ2) is 9.41. The Hall–Kier alpha value is -2.70. The molecule has 1 aromatic heterocycles. The number of aryl methyl sites for hydroxylation is 1. The van der Waals surface area contributed by atoms with Gasteiger partial charge < -0.3 is 9.84 Å². The Balaban J connectivity index is 2.15. The summed E-state index contributed by atoms with van der Waals surface area (Å²) in [7, 11) is -3.28. The molecule has 0 bridgehead atoms. The van der Waals surface area contributed by atoms with Gasteiger partial charge in [0.15, 0.2) is 9.84 Å². The highest BCUT2D eigenvalue weighted by Gasteiger charge is 2.17. The van der Waals surface area contributed by atoms with Gasteiger partial charge >= 0.3 is 0 Å². The molecule has 0 atom stereocenters. The van der Waals surface area contributed by atoms with Crippen molar-refractivity contribution in [2.45, 2.75) is 38.2 Å². The minimum Gasteiger partial charge on any atom is -0.477 e. The van der Waals surface area contributed by atoms with Crippen LogP contribution in [0.1, 0.15) is 30.9 Å². The van der Waals surface area contributed by atoms with Gasteiger partial charge in [-0.25, -0.2) is 13.4 Å². The van der Waals surface area contributed by atoms with Crippen molar-refractivity contribution in [3.8, 4) is 28.3 Å². The molecule has 5 nitrogen and oxygen atoms in total. The van der Waals surface area contributed by atoms with Crippen LogP contribution in [0.3, 0.4) is 0 Å². The van der Waals surface area contributed by atoms with Crippen LogP contribution < -0.4 is 4.74 Å². The van der Waals surface area contributed by atoms with Gasteiger partial charge in [-0.05, 0) is 37.1 Å². The SMILES string of the molecule is CCCCOc1nc(-c2ccc(C)cc2)c(-c2ccc(S(C)(=O)=O)cc2)cc1CO. The second-order valence-corrected chi connectivity index (χ2v) is 9.39. The summed E-state index contributed by atoms with van der Waals surface area (Å²) in [6.07, 6.45) is 3.10. The number of benzene rings is 2. The smallest absolute Gasteiger partial charge is 0.219 e. The minimum absolute atomic E-state index is 0.197. The summed E-state index contributed by atoms with van der Waals surface area (Å²) in [4.78, 5) is 5.02. The van der Waals surface area contributed by atoms with Gasteiger partial charge in [0.05, 0.1) is 23.8 Å². The van der Waals surface area contributed by atoms with Crippen LogP contribution in [0.25, 0.3) is 22.4 Å². The largest absolute Gasteiger partial charge is 0.477 e. The Morgan fingerprint density at radius 2 is 1.63 bits per heavy atom. The monoisotopic (exact) mass is 425 g/mol. The van der Waals surface area contributed by atoms with Crippen LogP contribution in [0.15, 0.2) is 59.5 Å². The van der Waals surface area contributed by atoms with E-state index in [1.54, 1.807) is 24.3 Å². The molecule has 0 aliphatic rings. The molecular weight excluding hydrogens is 398 g/mol. The lowest BCUT2D eigenvalue weighted by molar-refractivity contribution is 0.255. The highest BCUT2D eigenvalue weighted by atomic mass is 32.2. The van der Waals surface area contributed by atoms with E-state index in [1.807, 2.05) is 37.3 Å². The van der Waals surface area contributed by atoms with Gasteiger partial charge in [-0.3, -0.25) is 0 Å². The van der Waals surface area contributed by atoms with E-state index >= 15 is 0 Å². The summed E-state index contributed by atoms with van der Waals surface area (Å²) in [6.45, 7) is 4.45. The third-order valence-corrected chi connectivity index (χ3v) is 6.02. The molecule has 1 heterocycles. The number of aliphatic hydroxyl groups excluding tert-OH is 1. The van der Waals surface area contributed by atoms with E-state index in [9.17, 15) is 13.5 Å². The minimum atomic E-state index is -3.28. The first-order valence-corrected chi connectivity index (χ1v) is 11.9. The van der Waals surface area contributed by atoms with Crippen molar-refractivity contribution < 1.29 is 18.3 Å². The van der Waals surface area contributed by atoms with E-state index in [0.717, 1.165) is 40.8 Å². The summed E-state index contributed by atoms with van der Waals surface area (Å²) in [5, 5.41) is 9.90. The molecule has 0 saturated heterocycles. The van der Waals surface area contributed by atoms with Gasteiger partial charge in [-0.1, -0.05) is 55.3 Å². The summed E-state index contributed by atoms with van der Waals surface area (Å²) in [5.74, 6) is 0.429. The quantitative estimate of drug-likeness (QED) is 0.525. The third-order valence-electron chi connectivity index (χ3n) is 4.89. The molecule has 0 radical (unpaired) electrons. The number of pyridine rings is 1. The second-order valence-electron chi connectivity index (χ2n) is 7.37. The molecule has 0 fully saturated rings. The fourth-order valence-electron chi connectivity index (χ4n) is 3.12. The molecule has 0 saturated carbocycles. The molecule has 6 heteroatoms. The average molecular weight is 426 g/mol. The van der Waals surface area contributed by atoms with Gasteiger partial charge in [0.1, 0.15) is 0 Å². The molecule has 2 aromatic carbocycles. The van der Waals surface area contributed by atoms with Crippen molar-refractivity contribution in [3.63, 3.8) is 0 Å². The summed E-state index contributed by atoms with van der Waals surface area (Å²) in [6, 6.07) is 16.6. The lowest BCUT2D eigenvalue weighted by atomic mass is 9.97. The number of sulfone groups is 1. The Labute approximate surface area is 178 Å². The van der Waals surface area contributed by atoms with Crippen LogP contribution in [0.4, 0.5) is 0 Å². The first-order chi connectivity index (χ1) is 14.3. The van der Waals surface area contributed by atoms with E-state index in [2.05, 4.69) is 6.92 Å². The maximum atomic E-state index is 11.8. The zero-order valence-electron chi connectivity index (χ0n) is 17.6. The predicted octanol–water partition coefficient (Wildman–Crippen LogP) is 4.80. The Morgan fingerprint density at radius 3 is 2.20 bits per heavy atom. The molecule has 158 valence electrons. The Kier molecular flexibility index (Phi) is 6.90. The van der Waals surface area contributed by atoms with Gasteiger partial charge in [0.25, 0.3) is 0 Å². The van der Waals surface area contributed by atoms with Gasteiger partial charge in [0, 0.05) is 22.9 Å². The molecule has 30 heavy (non-hydrogen) atoms. The Bertz CT molecular complexity index is 1110. The molecule has 1 N–H and O–H groups in total. The molecule has 0 amide bonds. The van der Waals surface area contributed by atoms with Gasteiger partial charge in [-0.15, -0.1) is 0 Å². The molecule has 0 aliphatic carbocycles. The number of aliphatic hydroxyl groups is 1. The van der Waals surface area contributed by atoms with Crippen LogP contribution in [-0.2, 0) is 16.4 Å². The standard InChI is InChI=1S/C24H27NO4S/c1-4-5-14-29-24-20(16-26)15-22(18-10-12-21(13-11-18)30(3,27)28)23(25-24)19-8-6-17(2)7-9-19/h6-13,15,26H,4-5,14,16H2,1-3H3. The highest BCUT2D eigenvalue weighted by molar-refractivity contribution is 7.90. The molecule has 3 aromatic rings. The average Bonchev–Trinajstić information content (AvgIpc) is 2.73. The van der Waals surface area contributed by atoms with Crippen LogP contribution in [0.5, 0.6) is 5.88 Å². The fourth-order valence-corrected chi connectivity index (χ4v) is 3.75. The van der Waals surface area contributed by atoms with Crippen molar-refractivity contribution in [1.82, 2.24) is 4.98 Å². The maximum absolute atomic E-state index is 11.8. The number of rotatable bonds is 8. The van der Waals surface area contributed by atoms with Crippen LogP contribution in [0, 0.1) is 6.92 Å². The number of nitrogens with zero attached hydrogens (tertiary/aromatic N) is 1. The van der Waals surface area contributed by atoms with E-state index in [4.69, 9.17) is 9.72 Å². The number of aromatic nitrogens is 1. The van der Waals surface area contributed by atoms with Crippen LogP contribution >= 0.6 is 0 Å². The maximum Gasteiger partial charge on any atom is 0.219 e. The summed E-state index contributed by atoms with van der Waals surface area (Å²) in [5.41, 5.74) is 5.03. The van der Waals surface area contributed by atoms with Crippen LogP contribution in [0.2, 0.25) is 0 Å². The first kappa shape index (κ1) is 22.0. The lowest BCUT2D eigenvalue weighted by Crippen LogP contribution is -2.04. The number of ether oxygens (including phenoxy) is 1. The molecule has 0 unspecified atom stereocenters. The van der Waals surface area contributed by atoms with Crippen LogP contribution in [-0.4, -0.2) is 31.4 Å². The molecule has 0 spiro atoms. The van der Waals surface area contributed by atoms with Gasteiger partial charge in [-0.2, -0.15) is 0 Å². The van der Waals surface area contributed by atoms with Gasteiger partial charge in [0.2, 0.25) is 5.88 Å². The zero-order chi connectivity index (χ0) is 21.7. The van der Waals surface area contributed by atoms with Crippen molar-refractivity contribution in [2.75, 3.05) is 12.9 Å². The first-order valence-electron chi connectivity index (χ1n) is 9.98. The van der Waals surface area contributed by atoms with E-state index in [1.165, 1.54) is 6.26 Å². The third kappa shape index (κ3) is 5.07. The molecule has 0 aliphatic heterocycles. The zero-order valence-corrected chi connectivity index (χ0v) is 18.4. The normalized spacial score (nSPS) is 11.5. The Morgan fingerprint density at radius 1 is 1.00 bits per heavy atom. The number of hydrogen-bond acceptors (Lipinski definition) is 5. The molecular formula is C24H27NO4S. The van der Waals surface area contributed by atoms with E-state index in [0.29, 0.717) is 18.1 Å². The fraction of sp³-hybridized carbons (Fsp3) is 0.292. The highest BCUT2D eigenvalue weighted by Crippen LogP contribution is 2.35. The van der Waals surface area contributed by atoms with Crippen molar-refractivity contribution in [1.29, 1.82) is 0 Å². The van der Waals surface area contributed by atoms with Crippen molar-refractivity contribution in [3.05, 3.63) is 65.7 Å². The predicted molar refractivity (Wildman–Crippen MR) is 119 cm³/mol. The number of hydrogen-bond donors (Lipinski definition) is 1.